The number of anilines is 1. The highest BCUT2D eigenvalue weighted by molar-refractivity contribution is 7.09. The summed E-state index contributed by atoms with van der Waals surface area (Å²) in [7, 11) is 0. The zero-order valence-electron chi connectivity index (χ0n) is 16.6. The molecule has 2 amide bonds. The number of nitrogens with zero attached hydrogens (tertiary/aromatic N) is 2. The first-order valence-electron chi connectivity index (χ1n) is 9.88. The van der Waals surface area contributed by atoms with E-state index >= 15 is 0 Å². The van der Waals surface area contributed by atoms with E-state index in [1.54, 1.807) is 40.5 Å². The number of benzene rings is 2. The molecule has 7 heteroatoms. The van der Waals surface area contributed by atoms with E-state index in [4.69, 9.17) is 11.6 Å². The van der Waals surface area contributed by atoms with Gasteiger partial charge in [-0.15, -0.1) is 11.3 Å². The molecule has 1 aliphatic heterocycles. The Morgan fingerprint density at radius 1 is 1.20 bits per heavy atom. The third-order valence-corrected chi connectivity index (χ3v) is 6.24. The van der Waals surface area contributed by atoms with Crippen LogP contribution in [0.3, 0.4) is 0 Å². The van der Waals surface area contributed by atoms with Crippen molar-refractivity contribution in [3.63, 3.8) is 0 Å². The molecule has 3 aromatic rings. The van der Waals surface area contributed by atoms with Gasteiger partial charge in [-0.2, -0.15) is 0 Å². The van der Waals surface area contributed by atoms with Gasteiger partial charge in [-0.25, -0.2) is 4.98 Å². The Balaban J connectivity index is 1.42. The van der Waals surface area contributed by atoms with E-state index in [0.717, 1.165) is 34.8 Å². The minimum atomic E-state index is -0.236. The molecule has 0 saturated carbocycles. The quantitative estimate of drug-likeness (QED) is 0.602. The number of likely N-dealkylation sites (tertiary alicyclic amines) is 1. The van der Waals surface area contributed by atoms with Gasteiger partial charge in [-0.1, -0.05) is 23.7 Å². The van der Waals surface area contributed by atoms with E-state index in [1.165, 1.54) is 0 Å². The Hall–Kier alpha value is -2.70. The lowest BCUT2D eigenvalue weighted by Crippen LogP contribution is -2.43. The summed E-state index contributed by atoms with van der Waals surface area (Å²) in [6.07, 6.45) is 1.57. The van der Waals surface area contributed by atoms with Gasteiger partial charge in [0.05, 0.1) is 16.6 Å². The Labute approximate surface area is 184 Å². The summed E-state index contributed by atoms with van der Waals surface area (Å²) in [4.78, 5) is 31.9. The highest BCUT2D eigenvalue weighted by Crippen LogP contribution is 2.26. The molecule has 4 rings (SSSR count). The second-order valence-corrected chi connectivity index (χ2v) is 8.92. The average Bonchev–Trinajstić information content (AvgIpc) is 3.20. The van der Waals surface area contributed by atoms with E-state index in [-0.39, 0.29) is 17.7 Å². The molecule has 0 radical (unpaired) electrons. The molecule has 1 aliphatic rings. The maximum absolute atomic E-state index is 12.9. The van der Waals surface area contributed by atoms with Crippen LogP contribution in [-0.4, -0.2) is 34.8 Å². The van der Waals surface area contributed by atoms with Gasteiger partial charge in [0.25, 0.3) is 5.91 Å². The monoisotopic (exact) mass is 439 g/mol. The second kappa shape index (κ2) is 8.98. The SMILES string of the molecule is Cc1nc(-c2cccc(NC(=O)C3CCCN(C(=O)c4ccc(Cl)cc4)C3)c2)cs1. The molecule has 1 saturated heterocycles. The van der Waals surface area contributed by atoms with E-state index in [9.17, 15) is 9.59 Å². The first-order valence-corrected chi connectivity index (χ1v) is 11.1. The summed E-state index contributed by atoms with van der Waals surface area (Å²) < 4.78 is 0. The van der Waals surface area contributed by atoms with Crippen LogP contribution in [0.2, 0.25) is 5.02 Å². The fourth-order valence-corrected chi connectivity index (χ4v) is 4.40. The smallest absolute Gasteiger partial charge is 0.253 e. The van der Waals surface area contributed by atoms with E-state index in [0.29, 0.717) is 23.7 Å². The van der Waals surface area contributed by atoms with Crippen molar-refractivity contribution in [2.45, 2.75) is 19.8 Å². The number of thiazole rings is 1. The number of aryl methyl sites for hydroxylation is 1. The van der Waals surface area contributed by atoms with Crippen molar-refractivity contribution >= 4 is 40.4 Å². The molecule has 1 atom stereocenters. The Morgan fingerprint density at radius 2 is 2.00 bits per heavy atom. The van der Waals surface area contributed by atoms with Gasteiger partial charge < -0.3 is 10.2 Å². The van der Waals surface area contributed by atoms with Crippen LogP contribution in [-0.2, 0) is 4.79 Å². The molecule has 0 aliphatic carbocycles. The molecule has 1 N–H and O–H groups in total. The van der Waals surface area contributed by atoms with Crippen molar-refractivity contribution in [3.8, 4) is 11.3 Å². The molecule has 0 bridgehead atoms. The van der Waals surface area contributed by atoms with Gasteiger partial charge in [-0.05, 0) is 56.2 Å². The third-order valence-electron chi connectivity index (χ3n) is 5.22. The third kappa shape index (κ3) is 4.71. The summed E-state index contributed by atoms with van der Waals surface area (Å²) in [5, 5.41) is 6.63. The number of halogens is 1. The molecule has 0 spiro atoms. The Bertz CT molecular complexity index is 1060. The Morgan fingerprint density at radius 3 is 2.73 bits per heavy atom. The number of rotatable bonds is 4. The normalized spacial score (nSPS) is 16.3. The summed E-state index contributed by atoms with van der Waals surface area (Å²) >= 11 is 7.51. The van der Waals surface area contributed by atoms with Crippen LogP contribution in [0.1, 0.15) is 28.2 Å². The van der Waals surface area contributed by atoms with E-state index in [1.807, 2.05) is 36.6 Å². The van der Waals surface area contributed by atoms with Gasteiger partial charge in [0.2, 0.25) is 5.91 Å². The topological polar surface area (TPSA) is 62.3 Å². The minimum Gasteiger partial charge on any atom is -0.338 e. The van der Waals surface area contributed by atoms with E-state index in [2.05, 4.69) is 10.3 Å². The summed E-state index contributed by atoms with van der Waals surface area (Å²) in [6, 6.07) is 14.6. The van der Waals surface area contributed by atoms with Crippen LogP contribution in [0.4, 0.5) is 5.69 Å². The number of amides is 2. The second-order valence-electron chi connectivity index (χ2n) is 7.42. The zero-order chi connectivity index (χ0) is 21.1. The standard InChI is InChI=1S/C23H22ClN3O2S/c1-15-25-21(14-30-15)17-4-2-6-20(12-17)26-22(28)18-5-3-11-27(13-18)23(29)16-7-9-19(24)10-8-16/h2,4,6-10,12,14,18H,3,5,11,13H2,1H3,(H,26,28). The van der Waals surface area contributed by atoms with Crippen molar-refractivity contribution < 1.29 is 9.59 Å². The highest BCUT2D eigenvalue weighted by Gasteiger charge is 2.29. The fraction of sp³-hybridized carbons (Fsp3) is 0.261. The van der Waals surface area contributed by atoms with Crippen LogP contribution < -0.4 is 5.32 Å². The summed E-state index contributed by atoms with van der Waals surface area (Å²) in [5.74, 6) is -0.361. The van der Waals surface area contributed by atoms with Crippen molar-refractivity contribution in [2.24, 2.45) is 5.92 Å². The maximum atomic E-state index is 12.9. The van der Waals surface area contributed by atoms with Crippen LogP contribution >= 0.6 is 22.9 Å². The highest BCUT2D eigenvalue weighted by atomic mass is 35.5. The molecule has 30 heavy (non-hydrogen) atoms. The minimum absolute atomic E-state index is 0.0600. The average molecular weight is 440 g/mol. The lowest BCUT2D eigenvalue weighted by atomic mass is 9.96. The molecule has 1 fully saturated rings. The number of nitrogens with one attached hydrogen (secondary N) is 1. The van der Waals surface area contributed by atoms with Crippen molar-refractivity contribution in [2.75, 3.05) is 18.4 Å². The van der Waals surface area contributed by atoms with Gasteiger partial charge >= 0.3 is 0 Å². The first kappa shape index (κ1) is 20.6. The molecular weight excluding hydrogens is 418 g/mol. The summed E-state index contributed by atoms with van der Waals surface area (Å²) in [6.45, 7) is 3.04. The number of carbonyl (C=O) groups is 2. The lowest BCUT2D eigenvalue weighted by molar-refractivity contribution is -0.121. The first-order chi connectivity index (χ1) is 14.5. The van der Waals surface area contributed by atoms with Crippen molar-refractivity contribution in [1.82, 2.24) is 9.88 Å². The Kier molecular flexibility index (Phi) is 6.16. The van der Waals surface area contributed by atoms with Gasteiger partial charge in [-0.3, -0.25) is 9.59 Å². The van der Waals surface area contributed by atoms with Crippen LogP contribution in [0.5, 0.6) is 0 Å². The number of aromatic nitrogens is 1. The number of carbonyl (C=O) groups excluding carboxylic acids is 2. The largest absolute Gasteiger partial charge is 0.338 e. The zero-order valence-corrected chi connectivity index (χ0v) is 18.2. The predicted octanol–water partition coefficient (Wildman–Crippen LogP) is 5.26. The molecule has 154 valence electrons. The summed E-state index contributed by atoms with van der Waals surface area (Å²) in [5.41, 5.74) is 3.21. The lowest BCUT2D eigenvalue weighted by Gasteiger charge is -2.32. The van der Waals surface area contributed by atoms with Crippen LogP contribution in [0, 0.1) is 12.8 Å². The van der Waals surface area contributed by atoms with Crippen molar-refractivity contribution in [3.05, 3.63) is 69.5 Å². The fourth-order valence-electron chi connectivity index (χ4n) is 3.65. The molecular formula is C23H22ClN3O2S. The molecule has 1 aromatic heterocycles. The van der Waals surface area contributed by atoms with Crippen LogP contribution in [0.15, 0.2) is 53.9 Å². The maximum Gasteiger partial charge on any atom is 0.253 e. The predicted molar refractivity (Wildman–Crippen MR) is 121 cm³/mol. The number of hydrogen-bond acceptors (Lipinski definition) is 4. The van der Waals surface area contributed by atoms with Gasteiger partial charge in [0.15, 0.2) is 0 Å². The number of piperidine rings is 1. The number of hydrogen-bond donors (Lipinski definition) is 1. The molecule has 2 heterocycles. The molecule has 1 unspecified atom stereocenters. The van der Waals surface area contributed by atoms with Crippen molar-refractivity contribution in [1.29, 1.82) is 0 Å². The van der Waals surface area contributed by atoms with Crippen LogP contribution in [0.25, 0.3) is 11.3 Å². The van der Waals surface area contributed by atoms with Gasteiger partial charge in [0.1, 0.15) is 0 Å². The molecule has 5 nitrogen and oxygen atoms in total. The van der Waals surface area contributed by atoms with Gasteiger partial charge in [0, 0.05) is 40.3 Å². The molecule has 2 aromatic carbocycles. The van der Waals surface area contributed by atoms with E-state index < -0.39 is 0 Å².